The highest BCUT2D eigenvalue weighted by molar-refractivity contribution is 7.71. The summed E-state index contributed by atoms with van der Waals surface area (Å²) in [4.78, 5) is 12.7. The fraction of sp³-hybridized carbons (Fsp3) is 0.263. The van der Waals surface area contributed by atoms with Crippen molar-refractivity contribution in [3.63, 3.8) is 0 Å². The van der Waals surface area contributed by atoms with Crippen LogP contribution in [-0.4, -0.2) is 40.9 Å². The molecule has 0 aliphatic rings. The third kappa shape index (κ3) is 4.79. The summed E-state index contributed by atoms with van der Waals surface area (Å²) in [6.45, 7) is 0.993. The number of rotatable bonds is 8. The number of non-ortho nitro benzene ring substituents is 1. The van der Waals surface area contributed by atoms with E-state index in [2.05, 4.69) is 5.10 Å². The molecule has 0 fully saturated rings. The third-order valence-corrected chi connectivity index (χ3v) is 4.48. The van der Waals surface area contributed by atoms with E-state index in [0.29, 0.717) is 30.3 Å². The second-order valence-electron chi connectivity index (χ2n) is 6.33. The number of nitro groups is 1. The summed E-state index contributed by atoms with van der Waals surface area (Å²) in [5, 5.41) is 15.3. The lowest BCUT2D eigenvalue weighted by Gasteiger charge is -2.17. The van der Waals surface area contributed by atoms with Gasteiger partial charge >= 0.3 is 0 Å². The van der Waals surface area contributed by atoms with Crippen molar-refractivity contribution in [2.24, 2.45) is 0 Å². The molecule has 0 amide bonds. The number of hydrogen-bond donors (Lipinski definition) is 0. The summed E-state index contributed by atoms with van der Waals surface area (Å²) in [6.07, 6.45) is 0. The van der Waals surface area contributed by atoms with E-state index >= 15 is 0 Å². The van der Waals surface area contributed by atoms with E-state index in [0.717, 1.165) is 5.56 Å². The van der Waals surface area contributed by atoms with E-state index < -0.39 is 4.92 Å². The molecular formula is C19H20N4O5S. The molecule has 0 aliphatic heterocycles. The molecule has 0 radical (unpaired) electrons. The molecule has 29 heavy (non-hydrogen) atoms. The van der Waals surface area contributed by atoms with Gasteiger partial charge in [-0.1, -0.05) is 12.1 Å². The Kier molecular flexibility index (Phi) is 6.25. The van der Waals surface area contributed by atoms with Crippen molar-refractivity contribution in [1.82, 2.24) is 14.7 Å². The number of ether oxygens (including phenoxy) is 2. The molecule has 10 heteroatoms. The Morgan fingerprint density at radius 2 is 1.97 bits per heavy atom. The van der Waals surface area contributed by atoms with Crippen LogP contribution in [0.15, 0.2) is 46.9 Å². The molecule has 0 saturated carbocycles. The topological polar surface area (TPSA) is 95.8 Å². The summed E-state index contributed by atoms with van der Waals surface area (Å²) < 4.78 is 17.7. The van der Waals surface area contributed by atoms with E-state index in [1.807, 2.05) is 30.1 Å². The number of aromatic nitrogens is 2. The molecule has 1 aromatic heterocycles. The van der Waals surface area contributed by atoms with E-state index in [1.165, 1.54) is 16.8 Å². The molecule has 2 aromatic carbocycles. The minimum atomic E-state index is -0.466. The molecule has 0 saturated heterocycles. The Labute approximate surface area is 172 Å². The summed E-state index contributed by atoms with van der Waals surface area (Å²) in [6, 6.07) is 11.8. The Hall–Kier alpha value is -3.24. The molecule has 3 aromatic rings. The summed E-state index contributed by atoms with van der Waals surface area (Å²) in [5.41, 5.74) is 1.48. The SMILES string of the molecule is COc1ccc(CN(C)Cn2nc(-c3cccc([N+](=O)[O-])c3)oc2=S)cc1OC. The average molecular weight is 416 g/mol. The van der Waals surface area contributed by atoms with Gasteiger partial charge in [0.25, 0.3) is 10.5 Å². The second kappa shape index (κ2) is 8.84. The molecule has 1 heterocycles. The molecule has 0 aliphatic carbocycles. The molecule has 0 unspecified atom stereocenters. The molecular weight excluding hydrogens is 396 g/mol. The lowest BCUT2D eigenvalue weighted by atomic mass is 10.2. The van der Waals surface area contributed by atoms with E-state index in [1.54, 1.807) is 26.4 Å². The van der Waals surface area contributed by atoms with Gasteiger partial charge in [-0.3, -0.25) is 15.0 Å². The van der Waals surface area contributed by atoms with Gasteiger partial charge in [-0.15, -0.1) is 5.10 Å². The van der Waals surface area contributed by atoms with Crippen LogP contribution in [0.5, 0.6) is 11.5 Å². The van der Waals surface area contributed by atoms with Crippen LogP contribution in [0.3, 0.4) is 0 Å². The molecule has 0 N–H and O–H groups in total. The van der Waals surface area contributed by atoms with Gasteiger partial charge in [-0.25, -0.2) is 4.68 Å². The van der Waals surface area contributed by atoms with Crippen molar-refractivity contribution < 1.29 is 18.8 Å². The highest BCUT2D eigenvalue weighted by Gasteiger charge is 2.14. The van der Waals surface area contributed by atoms with Crippen molar-refractivity contribution in [2.75, 3.05) is 21.3 Å². The number of methoxy groups -OCH3 is 2. The van der Waals surface area contributed by atoms with Gasteiger partial charge in [0.05, 0.1) is 25.8 Å². The zero-order chi connectivity index (χ0) is 21.0. The first kappa shape index (κ1) is 20.5. The maximum atomic E-state index is 11.0. The highest BCUT2D eigenvalue weighted by Crippen LogP contribution is 2.28. The van der Waals surface area contributed by atoms with E-state index in [4.69, 9.17) is 26.1 Å². The monoisotopic (exact) mass is 416 g/mol. The van der Waals surface area contributed by atoms with E-state index in [9.17, 15) is 10.1 Å². The maximum Gasteiger partial charge on any atom is 0.288 e. The Morgan fingerprint density at radius 1 is 1.21 bits per heavy atom. The standard InChI is InChI=1S/C19H20N4O5S/c1-21(11-13-7-8-16(26-2)17(9-13)27-3)12-22-19(29)28-18(20-22)14-5-4-6-15(10-14)23(24)25/h4-10H,11-12H2,1-3H3. The van der Waals surface area contributed by atoms with Crippen LogP contribution in [0.25, 0.3) is 11.5 Å². The number of nitrogens with zero attached hydrogens (tertiary/aromatic N) is 4. The molecule has 0 spiro atoms. The van der Waals surface area contributed by atoms with Crippen LogP contribution < -0.4 is 9.47 Å². The van der Waals surface area contributed by atoms with Crippen LogP contribution >= 0.6 is 12.2 Å². The normalized spacial score (nSPS) is 10.9. The lowest BCUT2D eigenvalue weighted by Crippen LogP contribution is -2.22. The quantitative estimate of drug-likeness (QED) is 0.310. The van der Waals surface area contributed by atoms with Gasteiger partial charge in [0.2, 0.25) is 5.89 Å². The van der Waals surface area contributed by atoms with E-state index in [-0.39, 0.29) is 16.4 Å². The van der Waals surface area contributed by atoms with Crippen LogP contribution in [0.4, 0.5) is 5.69 Å². The van der Waals surface area contributed by atoms with Crippen molar-refractivity contribution in [3.8, 4) is 23.0 Å². The maximum absolute atomic E-state index is 11.0. The van der Waals surface area contributed by atoms with Crippen LogP contribution in [0.2, 0.25) is 0 Å². The molecule has 0 atom stereocenters. The Bertz CT molecular complexity index is 1080. The largest absolute Gasteiger partial charge is 0.493 e. The third-order valence-electron chi connectivity index (χ3n) is 4.19. The van der Waals surface area contributed by atoms with Gasteiger partial charge in [0.1, 0.15) is 0 Å². The van der Waals surface area contributed by atoms with Gasteiger partial charge in [0, 0.05) is 24.2 Å². The Balaban J connectivity index is 1.75. The Morgan fingerprint density at radius 3 is 2.66 bits per heavy atom. The predicted octanol–water partition coefficient (Wildman–Crippen LogP) is 3.89. The van der Waals surface area contributed by atoms with Crippen LogP contribution in [0, 0.1) is 15.0 Å². The fourth-order valence-electron chi connectivity index (χ4n) is 2.83. The first-order valence-corrected chi connectivity index (χ1v) is 9.04. The summed E-state index contributed by atoms with van der Waals surface area (Å²) in [7, 11) is 5.10. The second-order valence-corrected chi connectivity index (χ2v) is 6.67. The van der Waals surface area contributed by atoms with Crippen molar-refractivity contribution in [1.29, 1.82) is 0 Å². The van der Waals surface area contributed by atoms with Crippen molar-refractivity contribution in [3.05, 3.63) is 63.0 Å². The van der Waals surface area contributed by atoms with Crippen LogP contribution in [-0.2, 0) is 13.2 Å². The zero-order valence-electron chi connectivity index (χ0n) is 16.2. The van der Waals surface area contributed by atoms with Crippen LogP contribution in [0.1, 0.15) is 5.56 Å². The van der Waals surface area contributed by atoms with Crippen molar-refractivity contribution >= 4 is 17.9 Å². The minimum Gasteiger partial charge on any atom is -0.493 e. The molecule has 3 rings (SSSR count). The molecule has 0 bridgehead atoms. The number of benzene rings is 2. The van der Waals surface area contributed by atoms with Gasteiger partial charge in [0.15, 0.2) is 11.5 Å². The zero-order valence-corrected chi connectivity index (χ0v) is 17.0. The summed E-state index contributed by atoms with van der Waals surface area (Å²) in [5.74, 6) is 1.56. The summed E-state index contributed by atoms with van der Waals surface area (Å²) >= 11 is 5.25. The van der Waals surface area contributed by atoms with Gasteiger partial charge < -0.3 is 13.9 Å². The molecule has 9 nitrogen and oxygen atoms in total. The fourth-order valence-corrected chi connectivity index (χ4v) is 3.01. The lowest BCUT2D eigenvalue weighted by molar-refractivity contribution is -0.384. The average Bonchev–Trinajstić information content (AvgIpc) is 3.08. The minimum absolute atomic E-state index is 0.0382. The highest BCUT2D eigenvalue weighted by atomic mass is 32.1. The predicted molar refractivity (Wildman–Crippen MR) is 108 cm³/mol. The van der Waals surface area contributed by atoms with Gasteiger partial charge in [-0.2, -0.15) is 0 Å². The number of hydrogen-bond acceptors (Lipinski definition) is 8. The first-order chi connectivity index (χ1) is 13.9. The molecule has 152 valence electrons. The first-order valence-electron chi connectivity index (χ1n) is 8.63. The number of nitro benzene ring substituents is 1. The van der Waals surface area contributed by atoms with Gasteiger partial charge in [-0.05, 0) is 43.0 Å². The smallest absolute Gasteiger partial charge is 0.288 e. The van der Waals surface area contributed by atoms with Crippen molar-refractivity contribution in [2.45, 2.75) is 13.2 Å².